The van der Waals surface area contributed by atoms with Crippen LogP contribution < -0.4 is 11.1 Å². The summed E-state index contributed by atoms with van der Waals surface area (Å²) >= 11 is 0. The van der Waals surface area contributed by atoms with Gasteiger partial charge < -0.3 is 21.2 Å². The van der Waals surface area contributed by atoms with Crippen LogP contribution in [0.15, 0.2) is 18.2 Å². The number of nitrogens with two attached hydrogens (primary N) is 1. The standard InChI is InChI=1S/C13H19N3O/c14-8-10-4-5-12(11(7-10)9-15)16-13-3-1-2-6-17-13/h4-5,7,9,13,15-16H,1-3,6,8,14H2. The SMILES string of the molecule is N=Cc1cc(CN)ccc1NC1CCCCO1. The largest absolute Gasteiger partial charge is 0.360 e. The lowest BCUT2D eigenvalue weighted by molar-refractivity contribution is 0.0343. The van der Waals surface area contributed by atoms with Crippen molar-refractivity contribution in [3.05, 3.63) is 29.3 Å². The van der Waals surface area contributed by atoms with Gasteiger partial charge in [0.15, 0.2) is 0 Å². The second-order valence-corrected chi connectivity index (χ2v) is 4.27. The maximum atomic E-state index is 7.43. The van der Waals surface area contributed by atoms with Crippen molar-refractivity contribution >= 4 is 11.9 Å². The van der Waals surface area contributed by atoms with E-state index in [0.29, 0.717) is 6.54 Å². The lowest BCUT2D eigenvalue weighted by Crippen LogP contribution is -2.27. The number of rotatable bonds is 4. The minimum absolute atomic E-state index is 0.0752. The third-order valence-electron chi connectivity index (χ3n) is 3.00. The van der Waals surface area contributed by atoms with E-state index in [1.54, 1.807) is 0 Å². The Labute approximate surface area is 102 Å². The molecule has 1 saturated heterocycles. The van der Waals surface area contributed by atoms with Crippen molar-refractivity contribution in [2.75, 3.05) is 11.9 Å². The maximum absolute atomic E-state index is 7.43. The molecule has 1 fully saturated rings. The van der Waals surface area contributed by atoms with E-state index in [1.165, 1.54) is 12.6 Å². The zero-order valence-electron chi connectivity index (χ0n) is 9.91. The summed E-state index contributed by atoms with van der Waals surface area (Å²) in [5.41, 5.74) is 8.44. The van der Waals surface area contributed by atoms with Crippen LogP contribution in [0.5, 0.6) is 0 Å². The van der Waals surface area contributed by atoms with E-state index in [4.69, 9.17) is 15.9 Å². The van der Waals surface area contributed by atoms with Gasteiger partial charge in [-0.3, -0.25) is 0 Å². The van der Waals surface area contributed by atoms with Gasteiger partial charge in [-0.05, 0) is 37.0 Å². The fourth-order valence-corrected chi connectivity index (χ4v) is 2.02. The molecule has 92 valence electrons. The van der Waals surface area contributed by atoms with Gasteiger partial charge in [-0.25, -0.2) is 0 Å². The Morgan fingerprint density at radius 1 is 1.47 bits per heavy atom. The predicted molar refractivity (Wildman–Crippen MR) is 69.4 cm³/mol. The molecule has 4 nitrogen and oxygen atoms in total. The molecule has 2 rings (SSSR count). The average Bonchev–Trinajstić information content (AvgIpc) is 2.40. The van der Waals surface area contributed by atoms with E-state index in [9.17, 15) is 0 Å². The van der Waals surface area contributed by atoms with E-state index in [-0.39, 0.29) is 6.23 Å². The average molecular weight is 233 g/mol. The van der Waals surface area contributed by atoms with Gasteiger partial charge >= 0.3 is 0 Å². The van der Waals surface area contributed by atoms with E-state index in [0.717, 1.165) is 36.3 Å². The highest BCUT2D eigenvalue weighted by Gasteiger charge is 2.14. The van der Waals surface area contributed by atoms with Crippen LogP contribution in [0, 0.1) is 5.41 Å². The van der Waals surface area contributed by atoms with Gasteiger partial charge in [0.2, 0.25) is 0 Å². The van der Waals surface area contributed by atoms with Crippen LogP contribution in [0.3, 0.4) is 0 Å². The Morgan fingerprint density at radius 2 is 2.35 bits per heavy atom. The summed E-state index contributed by atoms with van der Waals surface area (Å²) in [4.78, 5) is 0. The van der Waals surface area contributed by atoms with Crippen molar-refractivity contribution in [3.63, 3.8) is 0 Å². The molecule has 1 aromatic carbocycles. The Kier molecular flexibility index (Phi) is 4.12. The Hall–Kier alpha value is -1.39. The molecule has 0 spiro atoms. The van der Waals surface area contributed by atoms with Gasteiger partial charge in [-0.1, -0.05) is 6.07 Å². The molecule has 0 radical (unpaired) electrons. The van der Waals surface area contributed by atoms with Crippen molar-refractivity contribution in [1.82, 2.24) is 0 Å². The van der Waals surface area contributed by atoms with Crippen LogP contribution in [0.1, 0.15) is 30.4 Å². The van der Waals surface area contributed by atoms with Crippen LogP contribution in [0.4, 0.5) is 5.69 Å². The number of benzene rings is 1. The molecule has 0 amide bonds. The zero-order chi connectivity index (χ0) is 12.1. The van der Waals surface area contributed by atoms with E-state index < -0.39 is 0 Å². The molecule has 1 aromatic rings. The lowest BCUT2D eigenvalue weighted by atomic mass is 10.1. The first-order chi connectivity index (χ1) is 8.33. The molecule has 1 aliphatic rings. The number of hydrogen-bond acceptors (Lipinski definition) is 4. The van der Waals surface area contributed by atoms with Crippen molar-refractivity contribution < 1.29 is 4.74 Å². The summed E-state index contributed by atoms with van der Waals surface area (Å²) < 4.78 is 5.63. The third-order valence-corrected chi connectivity index (χ3v) is 3.00. The molecular weight excluding hydrogens is 214 g/mol. The Balaban J connectivity index is 2.11. The van der Waals surface area contributed by atoms with E-state index >= 15 is 0 Å². The molecule has 17 heavy (non-hydrogen) atoms. The molecule has 1 unspecified atom stereocenters. The minimum atomic E-state index is 0.0752. The van der Waals surface area contributed by atoms with Gasteiger partial charge in [0.05, 0.1) is 0 Å². The monoisotopic (exact) mass is 233 g/mol. The number of anilines is 1. The molecule has 4 heteroatoms. The molecule has 0 bridgehead atoms. The summed E-state index contributed by atoms with van der Waals surface area (Å²) in [6.45, 7) is 1.32. The maximum Gasteiger partial charge on any atom is 0.127 e. The Bertz CT molecular complexity index is 386. The summed E-state index contributed by atoms with van der Waals surface area (Å²) in [5, 5.41) is 10.8. The number of nitrogens with one attached hydrogen (secondary N) is 2. The quantitative estimate of drug-likeness (QED) is 0.697. The summed E-state index contributed by atoms with van der Waals surface area (Å²) in [6.07, 6.45) is 4.78. The highest BCUT2D eigenvalue weighted by molar-refractivity contribution is 5.86. The van der Waals surface area contributed by atoms with Gasteiger partial charge in [0.1, 0.15) is 6.23 Å². The minimum Gasteiger partial charge on any atom is -0.360 e. The fraction of sp³-hybridized carbons (Fsp3) is 0.462. The van der Waals surface area contributed by atoms with Crippen LogP contribution in [-0.2, 0) is 11.3 Å². The number of ether oxygens (including phenoxy) is 1. The molecule has 1 heterocycles. The molecule has 0 saturated carbocycles. The van der Waals surface area contributed by atoms with Crippen molar-refractivity contribution in [1.29, 1.82) is 5.41 Å². The van der Waals surface area contributed by atoms with Crippen LogP contribution in [-0.4, -0.2) is 19.0 Å². The molecule has 0 aromatic heterocycles. The Morgan fingerprint density at radius 3 is 3.00 bits per heavy atom. The van der Waals surface area contributed by atoms with Crippen LogP contribution in [0.25, 0.3) is 0 Å². The second-order valence-electron chi connectivity index (χ2n) is 4.27. The normalized spacial score (nSPS) is 19.9. The van der Waals surface area contributed by atoms with Gasteiger partial charge in [-0.15, -0.1) is 0 Å². The fourth-order valence-electron chi connectivity index (χ4n) is 2.02. The van der Waals surface area contributed by atoms with Crippen molar-refractivity contribution in [2.24, 2.45) is 5.73 Å². The highest BCUT2D eigenvalue weighted by Crippen LogP contribution is 2.20. The molecule has 4 N–H and O–H groups in total. The number of hydrogen-bond donors (Lipinski definition) is 3. The van der Waals surface area contributed by atoms with Gasteiger partial charge in [0, 0.05) is 30.6 Å². The third kappa shape index (κ3) is 3.05. The molecule has 1 atom stereocenters. The molecule has 0 aliphatic carbocycles. The first kappa shape index (κ1) is 12.1. The van der Waals surface area contributed by atoms with E-state index in [2.05, 4.69) is 5.32 Å². The van der Waals surface area contributed by atoms with Gasteiger partial charge in [-0.2, -0.15) is 0 Å². The topological polar surface area (TPSA) is 71.1 Å². The molecule has 1 aliphatic heterocycles. The van der Waals surface area contributed by atoms with Gasteiger partial charge in [0.25, 0.3) is 0 Å². The molecular formula is C13H19N3O. The highest BCUT2D eigenvalue weighted by atomic mass is 16.5. The van der Waals surface area contributed by atoms with E-state index in [1.807, 2.05) is 18.2 Å². The van der Waals surface area contributed by atoms with Crippen molar-refractivity contribution in [3.8, 4) is 0 Å². The predicted octanol–water partition coefficient (Wildman–Crippen LogP) is 2.08. The zero-order valence-corrected chi connectivity index (χ0v) is 9.91. The summed E-state index contributed by atoms with van der Waals surface area (Å²) in [6, 6.07) is 5.90. The summed E-state index contributed by atoms with van der Waals surface area (Å²) in [7, 11) is 0. The smallest absolute Gasteiger partial charge is 0.127 e. The first-order valence-electron chi connectivity index (χ1n) is 6.05. The van der Waals surface area contributed by atoms with Crippen LogP contribution >= 0.6 is 0 Å². The van der Waals surface area contributed by atoms with Crippen molar-refractivity contribution in [2.45, 2.75) is 32.0 Å². The van der Waals surface area contributed by atoms with Crippen LogP contribution in [0.2, 0.25) is 0 Å². The summed E-state index contributed by atoms with van der Waals surface area (Å²) in [5.74, 6) is 0. The second kappa shape index (κ2) is 5.80. The first-order valence-corrected chi connectivity index (χ1v) is 6.05. The lowest BCUT2D eigenvalue weighted by Gasteiger charge is -2.25.